The molecule has 2 amide bonds. The van der Waals surface area contributed by atoms with Gasteiger partial charge in [-0.1, -0.05) is 37.3 Å². The van der Waals surface area contributed by atoms with E-state index in [0.29, 0.717) is 12.8 Å². The molecule has 0 saturated carbocycles. The molecule has 8 nitrogen and oxygen atoms in total. The lowest BCUT2D eigenvalue weighted by Gasteiger charge is -2.38. The SMILES string of the molecule is CCOC(=O)[C@H]1[C@H]2C(=O)N([C@@H](CO)Cc3ccccc3)C(C(=O)NC(C)(C)C)C23CC(C)[C@]1(C)O3. The van der Waals surface area contributed by atoms with Crippen molar-refractivity contribution in [2.24, 2.45) is 17.8 Å². The van der Waals surface area contributed by atoms with E-state index < -0.39 is 46.6 Å². The lowest BCUT2D eigenvalue weighted by molar-refractivity contribution is -0.162. The second-order valence-corrected chi connectivity index (χ2v) is 11.5. The first-order chi connectivity index (χ1) is 16.4. The maximum atomic E-state index is 14.2. The molecule has 3 heterocycles. The number of carbonyl (C=O) groups is 3. The Balaban J connectivity index is 1.81. The fourth-order valence-corrected chi connectivity index (χ4v) is 6.53. The predicted molar refractivity (Wildman–Crippen MR) is 129 cm³/mol. The number of esters is 1. The maximum absolute atomic E-state index is 14.2. The number of aliphatic hydroxyl groups excluding tert-OH is 1. The minimum absolute atomic E-state index is 0.0625. The Hall–Kier alpha value is -2.45. The van der Waals surface area contributed by atoms with Crippen molar-refractivity contribution in [1.29, 1.82) is 0 Å². The van der Waals surface area contributed by atoms with E-state index in [1.807, 2.05) is 65.0 Å². The number of fused-ring (bicyclic) bond motifs is 1. The molecule has 3 aliphatic heterocycles. The summed E-state index contributed by atoms with van der Waals surface area (Å²) in [7, 11) is 0. The van der Waals surface area contributed by atoms with Crippen LogP contribution in [0.1, 0.15) is 53.5 Å². The Morgan fingerprint density at radius 3 is 2.51 bits per heavy atom. The molecule has 3 aliphatic rings. The van der Waals surface area contributed by atoms with Crippen molar-refractivity contribution < 1.29 is 29.0 Å². The first-order valence-electron chi connectivity index (χ1n) is 12.6. The van der Waals surface area contributed by atoms with Crippen molar-refractivity contribution in [1.82, 2.24) is 10.2 Å². The number of benzene rings is 1. The fraction of sp³-hybridized carbons (Fsp3) is 0.667. The highest BCUT2D eigenvalue weighted by atomic mass is 16.6. The van der Waals surface area contributed by atoms with Crippen molar-refractivity contribution in [3.8, 4) is 0 Å². The van der Waals surface area contributed by atoms with E-state index in [9.17, 15) is 19.5 Å². The molecule has 2 bridgehead atoms. The summed E-state index contributed by atoms with van der Waals surface area (Å²) in [5, 5.41) is 13.5. The largest absolute Gasteiger partial charge is 0.466 e. The van der Waals surface area contributed by atoms with Crippen LogP contribution in [0.5, 0.6) is 0 Å². The molecule has 4 rings (SSSR count). The number of rotatable bonds is 7. The number of aliphatic hydroxyl groups is 1. The van der Waals surface area contributed by atoms with Gasteiger partial charge in [0.2, 0.25) is 11.8 Å². The average molecular weight is 487 g/mol. The molecular formula is C27H38N2O6. The molecule has 3 unspecified atom stereocenters. The Morgan fingerprint density at radius 2 is 1.94 bits per heavy atom. The summed E-state index contributed by atoms with van der Waals surface area (Å²) in [5.41, 5.74) is -1.67. The quantitative estimate of drug-likeness (QED) is 0.572. The molecule has 0 radical (unpaired) electrons. The highest BCUT2D eigenvalue weighted by Gasteiger charge is 2.80. The number of amides is 2. The summed E-state index contributed by atoms with van der Waals surface area (Å²) >= 11 is 0. The van der Waals surface area contributed by atoms with Crippen LogP contribution in [0, 0.1) is 17.8 Å². The molecule has 3 fully saturated rings. The molecular weight excluding hydrogens is 448 g/mol. The number of nitrogens with zero attached hydrogens (tertiary/aromatic N) is 1. The van der Waals surface area contributed by atoms with E-state index in [4.69, 9.17) is 9.47 Å². The molecule has 7 atom stereocenters. The Kier molecular flexibility index (Phi) is 6.51. The third kappa shape index (κ3) is 4.04. The summed E-state index contributed by atoms with van der Waals surface area (Å²) < 4.78 is 12.1. The van der Waals surface area contributed by atoms with Crippen LogP contribution in [-0.2, 0) is 30.3 Å². The summed E-state index contributed by atoms with van der Waals surface area (Å²) in [4.78, 5) is 42.7. The zero-order chi connectivity index (χ0) is 25.8. The summed E-state index contributed by atoms with van der Waals surface area (Å²) in [6, 6.07) is 7.95. The summed E-state index contributed by atoms with van der Waals surface area (Å²) in [6.45, 7) is 11.1. The minimum atomic E-state index is -1.16. The van der Waals surface area contributed by atoms with Crippen LogP contribution in [-0.4, -0.2) is 69.8 Å². The van der Waals surface area contributed by atoms with Gasteiger partial charge < -0.3 is 24.8 Å². The monoisotopic (exact) mass is 486 g/mol. The molecule has 0 aromatic heterocycles. The molecule has 35 heavy (non-hydrogen) atoms. The van der Waals surface area contributed by atoms with Gasteiger partial charge in [0, 0.05) is 5.54 Å². The van der Waals surface area contributed by atoms with Crippen LogP contribution in [0.4, 0.5) is 0 Å². The Morgan fingerprint density at radius 1 is 1.29 bits per heavy atom. The molecule has 8 heteroatoms. The lowest BCUT2D eigenvalue weighted by Crippen LogP contribution is -2.60. The third-order valence-electron chi connectivity index (χ3n) is 7.96. The number of nitrogens with one attached hydrogen (secondary N) is 1. The van der Waals surface area contributed by atoms with E-state index in [1.54, 1.807) is 6.92 Å². The van der Waals surface area contributed by atoms with E-state index in [0.717, 1.165) is 5.56 Å². The molecule has 1 aromatic carbocycles. The second kappa shape index (κ2) is 8.89. The van der Waals surface area contributed by atoms with Gasteiger partial charge in [-0.15, -0.1) is 0 Å². The maximum Gasteiger partial charge on any atom is 0.312 e. The average Bonchev–Trinajstić information content (AvgIpc) is 3.28. The zero-order valence-electron chi connectivity index (χ0n) is 21.5. The van der Waals surface area contributed by atoms with E-state index in [1.165, 1.54) is 4.90 Å². The van der Waals surface area contributed by atoms with Crippen LogP contribution in [0.25, 0.3) is 0 Å². The first kappa shape index (κ1) is 25.6. The van der Waals surface area contributed by atoms with Gasteiger partial charge in [0.15, 0.2) is 0 Å². The van der Waals surface area contributed by atoms with Crippen LogP contribution >= 0.6 is 0 Å². The van der Waals surface area contributed by atoms with Gasteiger partial charge in [-0.2, -0.15) is 0 Å². The predicted octanol–water partition coefficient (Wildman–Crippen LogP) is 2.08. The molecule has 3 saturated heterocycles. The van der Waals surface area contributed by atoms with Crippen molar-refractivity contribution in [3.05, 3.63) is 35.9 Å². The van der Waals surface area contributed by atoms with Crippen LogP contribution in [0.3, 0.4) is 0 Å². The Labute approximate surface area is 207 Å². The van der Waals surface area contributed by atoms with E-state index in [-0.39, 0.29) is 30.9 Å². The van der Waals surface area contributed by atoms with Gasteiger partial charge in [-0.3, -0.25) is 14.4 Å². The minimum Gasteiger partial charge on any atom is -0.466 e. The smallest absolute Gasteiger partial charge is 0.312 e. The van der Waals surface area contributed by atoms with Gasteiger partial charge in [0.25, 0.3) is 0 Å². The summed E-state index contributed by atoms with van der Waals surface area (Å²) in [5.74, 6) is -2.86. The van der Waals surface area contributed by atoms with Gasteiger partial charge in [-0.05, 0) is 58.9 Å². The van der Waals surface area contributed by atoms with Crippen molar-refractivity contribution in [3.63, 3.8) is 0 Å². The van der Waals surface area contributed by atoms with E-state index in [2.05, 4.69) is 5.32 Å². The number of likely N-dealkylation sites (tertiary alicyclic amines) is 1. The van der Waals surface area contributed by atoms with Crippen molar-refractivity contribution in [2.45, 2.75) is 83.2 Å². The lowest BCUT2D eigenvalue weighted by atomic mass is 9.62. The molecule has 1 aromatic rings. The van der Waals surface area contributed by atoms with Crippen molar-refractivity contribution in [2.75, 3.05) is 13.2 Å². The number of hydrogen-bond acceptors (Lipinski definition) is 6. The highest BCUT2D eigenvalue weighted by Crippen LogP contribution is 2.65. The number of hydrogen-bond donors (Lipinski definition) is 2. The van der Waals surface area contributed by atoms with Crippen LogP contribution < -0.4 is 5.32 Å². The number of ether oxygens (including phenoxy) is 2. The Bertz CT molecular complexity index is 991. The normalized spacial score (nSPS) is 34.6. The van der Waals surface area contributed by atoms with Gasteiger partial charge in [-0.25, -0.2) is 0 Å². The standard InChI is InChI=1S/C27H38N2O6/c1-7-34-24(33)20-19-23(32)29(18(15-30)13-17-11-9-8-10-12-17)21(22(31)28-25(3,4)5)27(19)14-16(2)26(20,6)35-27/h8-12,16,18-21,30H,7,13-15H2,1-6H3,(H,28,31)/t16?,18-,19+,20-,21?,26+,27?/m1/s1. The first-order valence-corrected chi connectivity index (χ1v) is 12.6. The topological polar surface area (TPSA) is 105 Å². The van der Waals surface area contributed by atoms with Crippen LogP contribution in [0.2, 0.25) is 0 Å². The second-order valence-electron chi connectivity index (χ2n) is 11.5. The molecule has 192 valence electrons. The van der Waals surface area contributed by atoms with Crippen LogP contribution in [0.15, 0.2) is 30.3 Å². The van der Waals surface area contributed by atoms with Gasteiger partial charge >= 0.3 is 5.97 Å². The zero-order valence-corrected chi connectivity index (χ0v) is 21.5. The fourth-order valence-electron chi connectivity index (χ4n) is 6.53. The molecule has 2 N–H and O–H groups in total. The van der Waals surface area contributed by atoms with Crippen molar-refractivity contribution >= 4 is 17.8 Å². The summed E-state index contributed by atoms with van der Waals surface area (Å²) in [6.07, 6.45) is 0.847. The molecule has 0 aliphatic carbocycles. The van der Waals surface area contributed by atoms with Gasteiger partial charge in [0.1, 0.15) is 17.6 Å². The third-order valence-corrected chi connectivity index (χ3v) is 7.96. The van der Waals surface area contributed by atoms with Gasteiger partial charge in [0.05, 0.1) is 30.8 Å². The highest BCUT2D eigenvalue weighted by molar-refractivity contribution is 5.99. The number of carbonyl (C=O) groups excluding carboxylic acids is 3. The van der Waals surface area contributed by atoms with E-state index >= 15 is 0 Å². The molecule has 1 spiro atoms.